The summed E-state index contributed by atoms with van der Waals surface area (Å²) in [5, 5.41) is 0.979. The highest BCUT2D eigenvalue weighted by Crippen LogP contribution is 2.19. The van der Waals surface area contributed by atoms with Gasteiger partial charge in [-0.25, -0.2) is 13.4 Å². The number of anilines is 1. The Morgan fingerprint density at radius 1 is 1.25 bits per heavy atom. The average molecular weight is 294 g/mol. The van der Waals surface area contributed by atoms with Gasteiger partial charge in [-0.2, -0.15) is 0 Å². The average Bonchev–Trinajstić information content (AvgIpc) is 2.45. The lowest BCUT2D eigenvalue weighted by Crippen LogP contribution is -2.34. The summed E-state index contributed by atoms with van der Waals surface area (Å²) < 4.78 is 30.7. The Labute approximate surface area is 119 Å². The molecule has 1 heterocycles. The van der Waals surface area contributed by atoms with Crippen molar-refractivity contribution in [2.24, 2.45) is 0 Å². The second-order valence-electron chi connectivity index (χ2n) is 4.65. The van der Waals surface area contributed by atoms with Crippen LogP contribution < -0.4 is 4.31 Å². The van der Waals surface area contributed by atoms with E-state index in [0.29, 0.717) is 5.82 Å². The molecule has 0 amide bonds. The smallest absolute Gasteiger partial charge is 0.238 e. The monoisotopic (exact) mass is 294 g/mol. The van der Waals surface area contributed by atoms with E-state index >= 15 is 0 Å². The van der Waals surface area contributed by atoms with Crippen LogP contribution in [0.2, 0.25) is 0 Å². The van der Waals surface area contributed by atoms with E-state index in [9.17, 15) is 8.42 Å². The first-order valence-corrected chi connectivity index (χ1v) is 7.90. The zero-order valence-electron chi connectivity index (χ0n) is 11.8. The molecule has 0 N–H and O–H groups in total. The van der Waals surface area contributed by atoms with Gasteiger partial charge in [-0.05, 0) is 25.1 Å². The van der Waals surface area contributed by atoms with Crippen LogP contribution in [0.3, 0.4) is 0 Å². The maximum Gasteiger partial charge on any atom is 0.238 e. The summed E-state index contributed by atoms with van der Waals surface area (Å²) in [6, 6.07) is 11.2. The largest absolute Gasteiger partial charge is 0.381 e. The second kappa shape index (κ2) is 5.76. The number of aromatic nitrogens is 1. The van der Waals surface area contributed by atoms with E-state index in [1.165, 1.54) is 18.5 Å². The predicted molar refractivity (Wildman–Crippen MR) is 80.4 cm³/mol. The van der Waals surface area contributed by atoms with Crippen molar-refractivity contribution in [3.8, 4) is 0 Å². The Bertz CT molecular complexity index is 700. The first-order valence-electron chi connectivity index (χ1n) is 6.29. The van der Waals surface area contributed by atoms with Crippen molar-refractivity contribution < 1.29 is 13.2 Å². The highest BCUT2D eigenvalue weighted by molar-refractivity contribution is 7.92. The molecule has 2 aromatic rings. The number of hydrogen-bond acceptors (Lipinski definition) is 4. The topological polar surface area (TPSA) is 59.5 Å². The third-order valence-electron chi connectivity index (χ3n) is 3.17. The minimum absolute atomic E-state index is 0.0749. The minimum Gasteiger partial charge on any atom is -0.381 e. The van der Waals surface area contributed by atoms with Crippen LogP contribution in [0, 0.1) is 0 Å². The lowest BCUT2D eigenvalue weighted by atomic mass is 10.2. The molecule has 5 nitrogen and oxygen atoms in total. The highest BCUT2D eigenvalue weighted by Gasteiger charge is 2.22. The molecule has 0 saturated heterocycles. The van der Waals surface area contributed by atoms with Crippen LogP contribution in [0.15, 0.2) is 36.4 Å². The van der Waals surface area contributed by atoms with Gasteiger partial charge in [0.25, 0.3) is 0 Å². The van der Waals surface area contributed by atoms with Gasteiger partial charge in [-0.15, -0.1) is 0 Å². The molecule has 0 fully saturated rings. The van der Waals surface area contributed by atoms with Crippen molar-refractivity contribution in [2.75, 3.05) is 24.2 Å². The number of fused-ring (bicyclic) bond motifs is 1. The maximum absolute atomic E-state index is 12.2. The summed E-state index contributed by atoms with van der Waals surface area (Å²) in [5.74, 6) is 0.334. The number of para-hydroxylation sites is 1. The fraction of sp³-hybridized carbons (Fsp3) is 0.357. The summed E-state index contributed by atoms with van der Waals surface area (Å²) in [7, 11) is -0.444. The van der Waals surface area contributed by atoms with Gasteiger partial charge in [-0.3, -0.25) is 4.31 Å². The van der Waals surface area contributed by atoms with E-state index in [1.54, 1.807) is 13.0 Å². The Morgan fingerprint density at radius 2 is 1.95 bits per heavy atom. The number of hydrogen-bond donors (Lipinski definition) is 0. The lowest BCUT2D eigenvalue weighted by Gasteiger charge is -2.20. The molecular weight excluding hydrogens is 276 g/mol. The SMILES string of the molecule is COC(C)CS(=O)(=O)N(C)c1ccc2ccccc2n1. The van der Waals surface area contributed by atoms with E-state index in [1.807, 2.05) is 30.3 Å². The van der Waals surface area contributed by atoms with E-state index in [4.69, 9.17) is 4.74 Å². The van der Waals surface area contributed by atoms with Crippen LogP contribution >= 0.6 is 0 Å². The molecule has 0 aliphatic rings. The molecule has 6 heteroatoms. The molecule has 0 radical (unpaired) electrons. The molecule has 1 atom stereocenters. The van der Waals surface area contributed by atoms with Crippen molar-refractivity contribution in [2.45, 2.75) is 13.0 Å². The fourth-order valence-corrected chi connectivity index (χ4v) is 3.19. The molecule has 0 bridgehead atoms. The number of sulfonamides is 1. The van der Waals surface area contributed by atoms with Gasteiger partial charge >= 0.3 is 0 Å². The molecule has 0 saturated carbocycles. The van der Waals surface area contributed by atoms with Gasteiger partial charge in [0, 0.05) is 19.5 Å². The number of rotatable bonds is 5. The zero-order valence-corrected chi connectivity index (χ0v) is 12.6. The third-order valence-corrected chi connectivity index (χ3v) is 5.08. The Balaban J connectivity index is 2.33. The molecular formula is C14H18N2O3S. The predicted octanol–water partition coefficient (Wildman–Crippen LogP) is 2.04. The molecule has 108 valence electrons. The molecule has 0 aliphatic carbocycles. The molecule has 20 heavy (non-hydrogen) atoms. The highest BCUT2D eigenvalue weighted by atomic mass is 32.2. The summed E-state index contributed by atoms with van der Waals surface area (Å²) in [6.45, 7) is 1.72. The molecule has 1 unspecified atom stereocenters. The second-order valence-corrected chi connectivity index (χ2v) is 6.70. The van der Waals surface area contributed by atoms with E-state index in [0.717, 1.165) is 10.9 Å². The van der Waals surface area contributed by atoms with Gasteiger partial charge in [0.2, 0.25) is 10.0 Å². The van der Waals surface area contributed by atoms with Crippen molar-refractivity contribution in [1.82, 2.24) is 4.98 Å². The summed E-state index contributed by atoms with van der Waals surface area (Å²) in [6.07, 6.45) is -0.358. The van der Waals surface area contributed by atoms with Crippen LogP contribution in [0.1, 0.15) is 6.92 Å². The summed E-state index contributed by atoms with van der Waals surface area (Å²) in [5.41, 5.74) is 0.770. The molecule has 0 aliphatic heterocycles. The van der Waals surface area contributed by atoms with E-state index in [2.05, 4.69) is 4.98 Å². The van der Waals surface area contributed by atoms with Gasteiger partial charge in [0.15, 0.2) is 0 Å². The van der Waals surface area contributed by atoms with Crippen LogP contribution in [0.4, 0.5) is 5.82 Å². The normalized spacial score (nSPS) is 13.3. The van der Waals surface area contributed by atoms with Crippen LogP contribution in [-0.2, 0) is 14.8 Å². The molecule has 1 aromatic heterocycles. The first kappa shape index (κ1) is 14.7. The minimum atomic E-state index is -3.45. The molecule has 1 aromatic carbocycles. The van der Waals surface area contributed by atoms with Gasteiger partial charge in [0.1, 0.15) is 5.82 Å². The van der Waals surface area contributed by atoms with Gasteiger partial charge in [0.05, 0.1) is 17.4 Å². The zero-order chi connectivity index (χ0) is 14.8. The van der Waals surface area contributed by atoms with Crippen molar-refractivity contribution in [3.63, 3.8) is 0 Å². The number of pyridine rings is 1. The maximum atomic E-state index is 12.2. The Morgan fingerprint density at radius 3 is 2.65 bits per heavy atom. The van der Waals surface area contributed by atoms with Crippen LogP contribution in [-0.4, -0.2) is 39.4 Å². The van der Waals surface area contributed by atoms with Crippen LogP contribution in [0.5, 0.6) is 0 Å². The number of benzene rings is 1. The Hall–Kier alpha value is -1.66. The molecule has 2 rings (SSSR count). The van der Waals surface area contributed by atoms with Gasteiger partial charge in [-0.1, -0.05) is 18.2 Å². The number of methoxy groups -OCH3 is 1. The fourth-order valence-electron chi connectivity index (χ4n) is 1.85. The van der Waals surface area contributed by atoms with E-state index < -0.39 is 10.0 Å². The van der Waals surface area contributed by atoms with Crippen molar-refractivity contribution in [3.05, 3.63) is 36.4 Å². The summed E-state index contributed by atoms with van der Waals surface area (Å²) in [4.78, 5) is 4.38. The van der Waals surface area contributed by atoms with Crippen molar-refractivity contribution in [1.29, 1.82) is 0 Å². The number of ether oxygens (including phenoxy) is 1. The standard InChI is InChI=1S/C14H18N2O3S/c1-11(19-3)10-20(17,18)16(2)14-9-8-12-6-4-5-7-13(12)15-14/h4-9,11H,10H2,1-3H3. The molecule has 0 spiro atoms. The van der Waals surface area contributed by atoms with Crippen LogP contribution in [0.25, 0.3) is 10.9 Å². The quantitative estimate of drug-likeness (QED) is 0.846. The van der Waals surface area contributed by atoms with Crippen molar-refractivity contribution >= 4 is 26.7 Å². The Kier molecular flexibility index (Phi) is 4.25. The third kappa shape index (κ3) is 3.08. The summed E-state index contributed by atoms with van der Waals surface area (Å²) >= 11 is 0. The van der Waals surface area contributed by atoms with Gasteiger partial charge < -0.3 is 4.74 Å². The van der Waals surface area contributed by atoms with E-state index in [-0.39, 0.29) is 11.9 Å². The first-order chi connectivity index (χ1) is 9.44. The lowest BCUT2D eigenvalue weighted by molar-refractivity contribution is 0.136. The number of nitrogens with zero attached hydrogens (tertiary/aromatic N) is 2.